The number of hydrogen-bond acceptors (Lipinski definition) is 4. The van der Waals surface area contributed by atoms with Crippen LogP contribution >= 0.6 is 0 Å². The molecule has 1 aromatic heterocycles. The van der Waals surface area contributed by atoms with Gasteiger partial charge in [-0.2, -0.15) is 0 Å². The molecule has 0 spiro atoms. The lowest BCUT2D eigenvalue weighted by Crippen LogP contribution is -2.30. The summed E-state index contributed by atoms with van der Waals surface area (Å²) in [5.41, 5.74) is 5.94. The quantitative estimate of drug-likeness (QED) is 0.843. The molecule has 0 aliphatic carbocycles. The molecule has 0 aliphatic rings. The summed E-state index contributed by atoms with van der Waals surface area (Å²) < 4.78 is 26.1. The Bertz CT molecular complexity index is 486. The topological polar surface area (TPSA) is 76.3 Å². The van der Waals surface area contributed by atoms with Crippen molar-refractivity contribution >= 4 is 10.0 Å². The number of nitrogens with zero attached hydrogens (tertiary/aromatic N) is 2. The van der Waals surface area contributed by atoms with E-state index in [1.165, 1.54) is 4.31 Å². The molecule has 0 fully saturated rings. The van der Waals surface area contributed by atoms with Gasteiger partial charge in [-0.3, -0.25) is 4.98 Å². The van der Waals surface area contributed by atoms with E-state index < -0.39 is 10.0 Å². The Kier molecular flexibility index (Phi) is 5.25. The summed E-state index contributed by atoms with van der Waals surface area (Å²) in [6, 6.07) is 3.17. The van der Waals surface area contributed by atoms with Crippen LogP contribution < -0.4 is 5.73 Å². The summed E-state index contributed by atoms with van der Waals surface area (Å²) in [5.74, 6) is 0.463. The van der Waals surface area contributed by atoms with Crippen LogP contribution in [0.15, 0.2) is 23.2 Å². The van der Waals surface area contributed by atoms with Gasteiger partial charge >= 0.3 is 0 Å². The summed E-state index contributed by atoms with van der Waals surface area (Å²) >= 11 is 0. The second-order valence-electron chi connectivity index (χ2n) is 4.66. The molecule has 6 heteroatoms. The highest BCUT2D eigenvalue weighted by Gasteiger charge is 2.23. The molecule has 1 rings (SSSR count). The molecule has 0 amide bonds. The van der Waals surface area contributed by atoms with Gasteiger partial charge in [-0.1, -0.05) is 13.8 Å². The van der Waals surface area contributed by atoms with Crippen LogP contribution in [0.5, 0.6) is 0 Å². The van der Waals surface area contributed by atoms with Crippen molar-refractivity contribution in [1.82, 2.24) is 9.29 Å². The molecule has 102 valence electrons. The van der Waals surface area contributed by atoms with E-state index >= 15 is 0 Å². The maximum absolute atomic E-state index is 12.4. The summed E-state index contributed by atoms with van der Waals surface area (Å²) in [6.07, 6.45) is 2.38. The largest absolute Gasteiger partial charge is 0.325 e. The van der Waals surface area contributed by atoms with Gasteiger partial charge in [0.15, 0.2) is 0 Å². The number of rotatable bonds is 6. The van der Waals surface area contributed by atoms with Crippen molar-refractivity contribution in [3.8, 4) is 0 Å². The molecule has 0 aliphatic heterocycles. The summed E-state index contributed by atoms with van der Waals surface area (Å²) in [4.78, 5) is 4.22. The first-order valence-corrected chi connectivity index (χ1v) is 7.44. The van der Waals surface area contributed by atoms with E-state index in [2.05, 4.69) is 18.8 Å². The average molecular weight is 271 g/mol. The first-order chi connectivity index (χ1) is 8.39. The summed E-state index contributed by atoms with van der Waals surface area (Å²) in [5, 5.41) is 0. The van der Waals surface area contributed by atoms with Crippen LogP contribution in [-0.4, -0.2) is 31.3 Å². The van der Waals surface area contributed by atoms with Crippen molar-refractivity contribution in [2.24, 2.45) is 11.7 Å². The van der Waals surface area contributed by atoms with Crippen LogP contribution in [-0.2, 0) is 16.6 Å². The van der Waals surface area contributed by atoms with Crippen molar-refractivity contribution in [3.05, 3.63) is 24.0 Å². The van der Waals surface area contributed by atoms with Gasteiger partial charge in [-0.25, -0.2) is 12.7 Å². The van der Waals surface area contributed by atoms with Crippen LogP contribution in [0.4, 0.5) is 0 Å². The highest BCUT2D eigenvalue weighted by atomic mass is 32.2. The molecule has 1 heterocycles. The second kappa shape index (κ2) is 6.26. The lowest BCUT2D eigenvalue weighted by Gasteiger charge is -2.19. The van der Waals surface area contributed by atoms with Crippen molar-refractivity contribution < 1.29 is 8.42 Å². The molecular weight excluding hydrogens is 250 g/mol. The van der Waals surface area contributed by atoms with Crippen molar-refractivity contribution in [3.63, 3.8) is 0 Å². The molecule has 5 nitrogen and oxygen atoms in total. The number of aromatic nitrogens is 1. The number of sulfonamides is 1. The third-order valence-corrected chi connectivity index (χ3v) is 4.68. The minimum absolute atomic E-state index is 0.118. The van der Waals surface area contributed by atoms with Gasteiger partial charge in [0.2, 0.25) is 10.0 Å². The molecule has 0 saturated carbocycles. The van der Waals surface area contributed by atoms with E-state index in [9.17, 15) is 8.42 Å². The van der Waals surface area contributed by atoms with Crippen LogP contribution in [0.25, 0.3) is 0 Å². The Hall–Kier alpha value is -0.980. The molecule has 0 unspecified atom stereocenters. The maximum Gasteiger partial charge on any atom is 0.244 e. The van der Waals surface area contributed by atoms with Gasteiger partial charge in [0.05, 0.1) is 5.69 Å². The number of hydrogen-bond donors (Lipinski definition) is 1. The SMILES string of the molecule is CC(C)CCN(C)S(=O)(=O)c1cccnc1CN. The molecule has 0 saturated heterocycles. The maximum atomic E-state index is 12.4. The Morgan fingerprint density at radius 3 is 2.67 bits per heavy atom. The normalized spacial score (nSPS) is 12.3. The summed E-state index contributed by atoms with van der Waals surface area (Å²) in [6.45, 7) is 4.75. The van der Waals surface area contributed by atoms with Crippen molar-refractivity contribution in [2.75, 3.05) is 13.6 Å². The molecule has 0 radical (unpaired) electrons. The average Bonchev–Trinajstić information content (AvgIpc) is 2.35. The predicted octanol–water partition coefficient (Wildman–Crippen LogP) is 1.21. The fourth-order valence-corrected chi connectivity index (χ4v) is 2.91. The first-order valence-electron chi connectivity index (χ1n) is 6.00. The van der Waals surface area contributed by atoms with Crippen LogP contribution in [0, 0.1) is 5.92 Å². The Morgan fingerprint density at radius 2 is 2.11 bits per heavy atom. The van der Waals surface area contributed by atoms with Gasteiger partial charge in [-0.05, 0) is 24.5 Å². The summed E-state index contributed by atoms with van der Waals surface area (Å²) in [7, 11) is -1.90. The lowest BCUT2D eigenvalue weighted by atomic mass is 10.1. The van der Waals surface area contributed by atoms with E-state index in [0.29, 0.717) is 18.2 Å². The minimum Gasteiger partial charge on any atom is -0.325 e. The highest BCUT2D eigenvalue weighted by molar-refractivity contribution is 7.89. The third kappa shape index (κ3) is 3.51. The fourth-order valence-electron chi connectivity index (χ4n) is 1.54. The van der Waals surface area contributed by atoms with Gasteiger partial charge in [0, 0.05) is 26.3 Å². The van der Waals surface area contributed by atoms with Crippen LogP contribution in [0.2, 0.25) is 0 Å². The van der Waals surface area contributed by atoms with Gasteiger partial charge in [0.25, 0.3) is 0 Å². The van der Waals surface area contributed by atoms with E-state index in [1.807, 2.05) is 0 Å². The van der Waals surface area contributed by atoms with Gasteiger partial charge in [-0.15, -0.1) is 0 Å². The Balaban J connectivity index is 2.98. The first kappa shape index (κ1) is 15.1. The van der Waals surface area contributed by atoms with E-state index in [0.717, 1.165) is 6.42 Å². The van der Waals surface area contributed by atoms with Crippen LogP contribution in [0.1, 0.15) is 26.0 Å². The van der Waals surface area contributed by atoms with Gasteiger partial charge in [0.1, 0.15) is 4.90 Å². The third-order valence-electron chi connectivity index (χ3n) is 2.75. The monoisotopic (exact) mass is 271 g/mol. The molecule has 0 bridgehead atoms. The standard InChI is InChI=1S/C12H21N3O2S/c1-10(2)6-8-15(3)18(16,17)12-5-4-7-14-11(12)9-13/h4-5,7,10H,6,8-9,13H2,1-3H3. The minimum atomic E-state index is -3.49. The zero-order chi connectivity index (χ0) is 13.8. The molecule has 0 aromatic carbocycles. The molecule has 0 atom stereocenters. The van der Waals surface area contributed by atoms with Gasteiger partial charge < -0.3 is 5.73 Å². The number of nitrogens with two attached hydrogens (primary N) is 1. The van der Waals surface area contributed by atoms with E-state index in [4.69, 9.17) is 5.73 Å². The highest BCUT2D eigenvalue weighted by Crippen LogP contribution is 2.18. The fraction of sp³-hybridized carbons (Fsp3) is 0.583. The smallest absolute Gasteiger partial charge is 0.244 e. The van der Waals surface area contributed by atoms with Crippen molar-refractivity contribution in [1.29, 1.82) is 0 Å². The Labute approximate surface area is 109 Å². The Morgan fingerprint density at radius 1 is 1.44 bits per heavy atom. The zero-order valence-electron chi connectivity index (χ0n) is 11.1. The zero-order valence-corrected chi connectivity index (χ0v) is 11.9. The van der Waals surface area contributed by atoms with E-state index in [-0.39, 0.29) is 11.4 Å². The molecule has 2 N–H and O–H groups in total. The second-order valence-corrected chi connectivity index (χ2v) is 6.67. The lowest BCUT2D eigenvalue weighted by molar-refractivity contribution is 0.427. The predicted molar refractivity (Wildman–Crippen MR) is 71.4 cm³/mol. The molecular formula is C12H21N3O2S. The van der Waals surface area contributed by atoms with E-state index in [1.54, 1.807) is 25.4 Å². The molecule has 1 aromatic rings. The number of pyridine rings is 1. The molecule has 18 heavy (non-hydrogen) atoms. The van der Waals surface area contributed by atoms with Crippen LogP contribution in [0.3, 0.4) is 0 Å². The van der Waals surface area contributed by atoms with Crippen molar-refractivity contribution in [2.45, 2.75) is 31.7 Å².